The number of aryl methyl sites for hydroxylation is 1. The minimum Gasteiger partial charge on any atom is -0.495 e. The molecule has 0 saturated heterocycles. The van der Waals surface area contributed by atoms with Gasteiger partial charge >= 0.3 is 5.97 Å². The normalized spacial score (nSPS) is 10.8. The quantitative estimate of drug-likeness (QED) is 0.766. The summed E-state index contributed by atoms with van der Waals surface area (Å²) in [5, 5.41) is 16.6. The lowest BCUT2D eigenvalue weighted by Gasteiger charge is -2.12. The molecule has 2 aromatic heterocycles. The van der Waals surface area contributed by atoms with Crippen LogP contribution < -0.4 is 10.3 Å². The molecular weight excluding hydrogens is 286 g/mol. The van der Waals surface area contributed by atoms with Crippen molar-refractivity contribution >= 4 is 16.9 Å². The molecule has 22 heavy (non-hydrogen) atoms. The summed E-state index contributed by atoms with van der Waals surface area (Å²) in [6.07, 6.45) is 3.23. The number of nitrogens with zero attached hydrogens (tertiary/aromatic N) is 2. The first-order valence-electron chi connectivity index (χ1n) is 6.47. The van der Waals surface area contributed by atoms with Crippen LogP contribution in [0, 0.1) is 0 Å². The Balaban J connectivity index is 2.39. The van der Waals surface area contributed by atoms with Crippen molar-refractivity contribution in [3.8, 4) is 16.9 Å². The zero-order chi connectivity index (χ0) is 15.9. The number of fused-ring (bicyclic) bond motifs is 1. The molecule has 0 fully saturated rings. The van der Waals surface area contributed by atoms with Gasteiger partial charge in [0.25, 0.3) is 0 Å². The Morgan fingerprint density at radius 1 is 1.41 bits per heavy atom. The van der Waals surface area contributed by atoms with E-state index in [1.165, 1.54) is 23.8 Å². The molecule has 0 atom stereocenters. The Morgan fingerprint density at radius 3 is 2.82 bits per heavy atom. The summed E-state index contributed by atoms with van der Waals surface area (Å²) < 4.78 is 6.86. The molecule has 0 amide bonds. The van der Waals surface area contributed by atoms with Crippen LogP contribution in [0.4, 0.5) is 0 Å². The number of pyridine rings is 1. The highest BCUT2D eigenvalue weighted by molar-refractivity contribution is 6.07. The van der Waals surface area contributed by atoms with Gasteiger partial charge in [-0.05, 0) is 12.1 Å². The van der Waals surface area contributed by atoms with Crippen LogP contribution in [0.2, 0.25) is 0 Å². The largest absolute Gasteiger partial charge is 0.495 e. The number of carbonyl (C=O) groups is 1. The molecule has 2 N–H and O–H groups in total. The second-order valence-corrected chi connectivity index (χ2v) is 4.82. The van der Waals surface area contributed by atoms with Crippen LogP contribution in [0.1, 0.15) is 10.4 Å². The number of ether oxygens (including phenoxy) is 1. The number of hydrogen-bond acceptors (Lipinski definition) is 4. The Hall–Kier alpha value is -3.09. The van der Waals surface area contributed by atoms with Gasteiger partial charge in [0.15, 0.2) is 0 Å². The fraction of sp³-hybridized carbons (Fsp3) is 0.133. The van der Waals surface area contributed by atoms with Gasteiger partial charge in [-0.3, -0.25) is 9.89 Å². The van der Waals surface area contributed by atoms with E-state index in [4.69, 9.17) is 4.74 Å². The van der Waals surface area contributed by atoms with Crippen LogP contribution in [0.5, 0.6) is 5.75 Å². The number of aromatic amines is 1. The highest BCUT2D eigenvalue weighted by Crippen LogP contribution is 2.37. The van der Waals surface area contributed by atoms with E-state index in [0.29, 0.717) is 27.8 Å². The zero-order valence-electron chi connectivity index (χ0n) is 12.0. The number of aromatic carboxylic acids is 1. The predicted molar refractivity (Wildman–Crippen MR) is 80.3 cm³/mol. The number of rotatable bonds is 3. The molecule has 0 saturated carbocycles. The van der Waals surface area contributed by atoms with Crippen molar-refractivity contribution in [3.63, 3.8) is 0 Å². The third kappa shape index (κ3) is 2.03. The molecule has 112 valence electrons. The van der Waals surface area contributed by atoms with Crippen molar-refractivity contribution in [1.29, 1.82) is 0 Å². The minimum absolute atomic E-state index is 0.0703. The van der Waals surface area contributed by atoms with Crippen molar-refractivity contribution in [2.45, 2.75) is 0 Å². The molecule has 2 heterocycles. The van der Waals surface area contributed by atoms with Crippen LogP contribution in [0.3, 0.4) is 0 Å². The minimum atomic E-state index is -1.08. The number of methoxy groups -OCH3 is 1. The molecule has 3 rings (SSSR count). The molecule has 0 aliphatic carbocycles. The van der Waals surface area contributed by atoms with Gasteiger partial charge < -0.3 is 14.4 Å². The van der Waals surface area contributed by atoms with Gasteiger partial charge in [0, 0.05) is 36.6 Å². The van der Waals surface area contributed by atoms with Crippen LogP contribution in [0.25, 0.3) is 22.0 Å². The molecule has 0 aliphatic rings. The van der Waals surface area contributed by atoms with Crippen LogP contribution >= 0.6 is 0 Å². The smallest absolute Gasteiger partial charge is 0.338 e. The van der Waals surface area contributed by atoms with Crippen LogP contribution in [-0.4, -0.2) is 33.0 Å². The summed E-state index contributed by atoms with van der Waals surface area (Å²) in [5.74, 6) is -0.571. The SMILES string of the molecule is COc1c(-c2ccc(=O)n(C)c2)cc(C(=O)O)c2n[nH]cc12. The van der Waals surface area contributed by atoms with Crippen molar-refractivity contribution in [3.05, 3.63) is 46.5 Å². The Labute approximate surface area is 124 Å². The third-order valence-electron chi connectivity index (χ3n) is 3.50. The molecule has 0 spiro atoms. The fourth-order valence-electron chi connectivity index (χ4n) is 2.44. The molecule has 0 bridgehead atoms. The number of aromatic nitrogens is 3. The van der Waals surface area contributed by atoms with E-state index in [9.17, 15) is 14.7 Å². The second-order valence-electron chi connectivity index (χ2n) is 4.82. The number of carboxylic acids is 1. The average molecular weight is 299 g/mol. The molecule has 0 unspecified atom stereocenters. The molecule has 7 heteroatoms. The third-order valence-corrected chi connectivity index (χ3v) is 3.50. The summed E-state index contributed by atoms with van der Waals surface area (Å²) in [6.45, 7) is 0. The number of benzene rings is 1. The summed E-state index contributed by atoms with van der Waals surface area (Å²) in [7, 11) is 3.14. The van der Waals surface area contributed by atoms with Gasteiger partial charge in [-0.2, -0.15) is 5.10 Å². The standard InChI is InChI=1S/C15H13N3O4/c1-18-7-8(3-4-12(18)19)9-5-10(15(20)21)13-11(6-16-17-13)14(9)22-2/h3-7H,1-2H3,(H,16,17)(H,20,21). The van der Waals surface area contributed by atoms with E-state index in [0.717, 1.165) is 0 Å². The monoisotopic (exact) mass is 299 g/mol. The topological polar surface area (TPSA) is 97.2 Å². The van der Waals surface area contributed by atoms with E-state index in [1.54, 1.807) is 25.5 Å². The molecule has 3 aromatic rings. The van der Waals surface area contributed by atoms with Crippen molar-refractivity contribution < 1.29 is 14.6 Å². The van der Waals surface area contributed by atoms with Crippen LogP contribution in [-0.2, 0) is 7.05 Å². The summed E-state index contributed by atoms with van der Waals surface area (Å²) in [5.41, 5.74) is 1.53. The maximum Gasteiger partial charge on any atom is 0.338 e. The van der Waals surface area contributed by atoms with Crippen LogP contribution in [0.15, 0.2) is 35.4 Å². The fourth-order valence-corrected chi connectivity index (χ4v) is 2.44. The number of carboxylic acid groups (broad SMARTS) is 1. The molecule has 1 aromatic carbocycles. The first-order valence-corrected chi connectivity index (χ1v) is 6.47. The van der Waals surface area contributed by atoms with Gasteiger partial charge in [0.1, 0.15) is 11.3 Å². The Kier molecular flexibility index (Phi) is 3.17. The van der Waals surface area contributed by atoms with Gasteiger partial charge in [-0.25, -0.2) is 4.79 Å². The molecule has 0 radical (unpaired) electrons. The van der Waals surface area contributed by atoms with Gasteiger partial charge in [0.05, 0.1) is 18.1 Å². The average Bonchev–Trinajstić information content (AvgIpc) is 2.97. The predicted octanol–water partition coefficient (Wildman–Crippen LogP) is 1.64. The van der Waals surface area contributed by atoms with Crippen molar-refractivity contribution in [2.75, 3.05) is 7.11 Å². The van der Waals surface area contributed by atoms with E-state index < -0.39 is 5.97 Å². The van der Waals surface area contributed by atoms with E-state index in [2.05, 4.69) is 10.2 Å². The summed E-state index contributed by atoms with van der Waals surface area (Å²) >= 11 is 0. The van der Waals surface area contributed by atoms with Gasteiger partial charge in [-0.1, -0.05) is 0 Å². The van der Waals surface area contributed by atoms with Crippen molar-refractivity contribution in [1.82, 2.24) is 14.8 Å². The maximum atomic E-state index is 11.5. The highest BCUT2D eigenvalue weighted by Gasteiger charge is 2.20. The zero-order valence-corrected chi connectivity index (χ0v) is 12.0. The molecule has 0 aliphatic heterocycles. The van der Waals surface area contributed by atoms with Gasteiger partial charge in [-0.15, -0.1) is 0 Å². The second kappa shape index (κ2) is 5.03. The van der Waals surface area contributed by atoms with E-state index in [1.807, 2.05) is 0 Å². The summed E-state index contributed by atoms with van der Waals surface area (Å²) in [6, 6.07) is 4.57. The van der Waals surface area contributed by atoms with E-state index >= 15 is 0 Å². The lowest BCUT2D eigenvalue weighted by molar-refractivity contribution is 0.0699. The van der Waals surface area contributed by atoms with Gasteiger partial charge in [0.2, 0.25) is 5.56 Å². The number of H-pyrrole nitrogens is 1. The highest BCUT2D eigenvalue weighted by atomic mass is 16.5. The Morgan fingerprint density at radius 2 is 2.18 bits per heavy atom. The van der Waals surface area contributed by atoms with E-state index in [-0.39, 0.29) is 11.1 Å². The maximum absolute atomic E-state index is 11.5. The number of hydrogen-bond donors (Lipinski definition) is 2. The number of nitrogens with one attached hydrogen (secondary N) is 1. The first kappa shape index (κ1) is 13.9. The summed E-state index contributed by atoms with van der Waals surface area (Å²) in [4.78, 5) is 23.0. The van der Waals surface area contributed by atoms with Crippen molar-refractivity contribution in [2.24, 2.45) is 7.05 Å². The Bertz CT molecular complexity index is 940. The molecular formula is C15H13N3O4. The first-order chi connectivity index (χ1) is 10.5. The lowest BCUT2D eigenvalue weighted by Crippen LogP contribution is -2.14. The lowest BCUT2D eigenvalue weighted by atomic mass is 10.00. The molecule has 7 nitrogen and oxygen atoms in total.